The average molecular weight is 288 g/mol. The van der Waals surface area contributed by atoms with E-state index in [1.807, 2.05) is 6.92 Å². The van der Waals surface area contributed by atoms with Gasteiger partial charge >= 0.3 is 5.97 Å². The molecule has 0 aliphatic rings. The van der Waals surface area contributed by atoms with Crippen molar-refractivity contribution in [1.29, 1.82) is 0 Å². The molecule has 0 aliphatic carbocycles. The van der Waals surface area contributed by atoms with Gasteiger partial charge in [0.25, 0.3) is 5.56 Å². The number of halogens is 1. The maximum Gasteiger partial charge on any atom is 0.337 e. The molecule has 0 fully saturated rings. The van der Waals surface area contributed by atoms with E-state index >= 15 is 0 Å². The number of nitrogens with zero attached hydrogens (tertiary/aromatic N) is 1. The molecule has 0 radical (unpaired) electrons. The Morgan fingerprint density at radius 2 is 2.00 bits per heavy atom. The topological polar surface area (TPSA) is 59.3 Å². The third-order valence-electron chi connectivity index (χ3n) is 2.56. The molecule has 0 aromatic carbocycles. The van der Waals surface area contributed by atoms with Crippen molar-refractivity contribution in [2.45, 2.75) is 33.7 Å². The molecule has 1 N–H and O–H groups in total. The van der Waals surface area contributed by atoms with Crippen LogP contribution in [0.2, 0.25) is 0 Å². The van der Waals surface area contributed by atoms with Crippen LogP contribution in [0, 0.1) is 13.8 Å². The van der Waals surface area contributed by atoms with Gasteiger partial charge in [-0.2, -0.15) is 0 Å². The molecule has 0 saturated carbocycles. The van der Waals surface area contributed by atoms with Gasteiger partial charge in [0.1, 0.15) is 0 Å². The summed E-state index contributed by atoms with van der Waals surface area (Å²) in [6, 6.07) is 0. The first-order chi connectivity index (χ1) is 7.41. The quantitative estimate of drug-likeness (QED) is 0.928. The summed E-state index contributed by atoms with van der Waals surface area (Å²) in [7, 11) is 0. The highest BCUT2D eigenvalue weighted by Gasteiger charge is 2.19. The highest BCUT2D eigenvalue weighted by Crippen LogP contribution is 2.19. The van der Waals surface area contributed by atoms with E-state index in [0.717, 1.165) is 6.42 Å². The van der Waals surface area contributed by atoms with Gasteiger partial charge < -0.3 is 9.67 Å². The van der Waals surface area contributed by atoms with E-state index < -0.39 is 5.97 Å². The standard InChI is InChI=1S/C11H14BrNO3/c1-4-5-13-7(3)8(11(15)16)6(2)9(12)10(13)14/h4-5H2,1-3H3,(H,15,16). The molecular formula is C11H14BrNO3. The lowest BCUT2D eigenvalue weighted by Gasteiger charge is -2.14. The van der Waals surface area contributed by atoms with Crippen molar-refractivity contribution in [3.63, 3.8) is 0 Å². The van der Waals surface area contributed by atoms with Crippen molar-refractivity contribution < 1.29 is 9.90 Å². The predicted octanol–water partition coefficient (Wildman–Crippen LogP) is 2.34. The number of hydrogen-bond acceptors (Lipinski definition) is 2. The molecule has 1 aromatic rings. The molecule has 1 heterocycles. The van der Waals surface area contributed by atoms with Crippen LogP contribution < -0.4 is 5.56 Å². The van der Waals surface area contributed by atoms with E-state index in [1.165, 1.54) is 4.57 Å². The van der Waals surface area contributed by atoms with Crippen molar-refractivity contribution in [2.75, 3.05) is 0 Å². The second kappa shape index (κ2) is 4.82. The Bertz CT molecular complexity index is 491. The summed E-state index contributed by atoms with van der Waals surface area (Å²) in [5.74, 6) is -0.999. The molecule has 4 nitrogen and oxygen atoms in total. The number of rotatable bonds is 3. The number of carbonyl (C=O) groups is 1. The van der Waals surface area contributed by atoms with E-state index in [-0.39, 0.29) is 11.1 Å². The average Bonchev–Trinajstić information content (AvgIpc) is 2.21. The molecule has 1 aromatic heterocycles. The SMILES string of the molecule is CCCn1c(C)c(C(=O)O)c(C)c(Br)c1=O. The zero-order valence-electron chi connectivity index (χ0n) is 9.50. The lowest BCUT2D eigenvalue weighted by molar-refractivity contribution is 0.0694. The van der Waals surface area contributed by atoms with E-state index in [1.54, 1.807) is 13.8 Å². The van der Waals surface area contributed by atoms with Crippen LogP contribution in [-0.2, 0) is 6.54 Å². The van der Waals surface area contributed by atoms with Crippen LogP contribution in [-0.4, -0.2) is 15.6 Å². The fourth-order valence-electron chi connectivity index (χ4n) is 1.76. The normalized spacial score (nSPS) is 10.5. The van der Waals surface area contributed by atoms with Crippen molar-refractivity contribution in [1.82, 2.24) is 4.57 Å². The van der Waals surface area contributed by atoms with Crippen molar-refractivity contribution in [3.05, 3.63) is 31.6 Å². The highest BCUT2D eigenvalue weighted by atomic mass is 79.9. The maximum atomic E-state index is 11.9. The number of aromatic nitrogens is 1. The van der Waals surface area contributed by atoms with E-state index in [0.29, 0.717) is 22.3 Å². The van der Waals surface area contributed by atoms with Crippen LogP contribution in [0.15, 0.2) is 9.27 Å². The van der Waals surface area contributed by atoms with Gasteiger partial charge in [-0.1, -0.05) is 6.92 Å². The number of aromatic carboxylic acids is 1. The molecule has 0 saturated heterocycles. The van der Waals surface area contributed by atoms with Gasteiger partial charge in [0.05, 0.1) is 10.0 Å². The summed E-state index contributed by atoms with van der Waals surface area (Å²) in [6.07, 6.45) is 0.787. The minimum atomic E-state index is -0.999. The Morgan fingerprint density at radius 3 is 2.44 bits per heavy atom. The predicted molar refractivity (Wildman–Crippen MR) is 65.1 cm³/mol. The molecule has 1 rings (SSSR count). The summed E-state index contributed by atoms with van der Waals surface area (Å²) < 4.78 is 1.84. The highest BCUT2D eigenvalue weighted by molar-refractivity contribution is 9.10. The second-order valence-corrected chi connectivity index (χ2v) is 4.45. The molecule has 0 spiro atoms. The van der Waals surface area contributed by atoms with Crippen LogP contribution in [0.1, 0.15) is 35.0 Å². The maximum absolute atomic E-state index is 11.9. The molecule has 5 heteroatoms. The summed E-state index contributed by atoms with van der Waals surface area (Å²) in [5, 5.41) is 9.12. The van der Waals surface area contributed by atoms with Gasteiger partial charge in [-0.05, 0) is 41.8 Å². The Morgan fingerprint density at radius 1 is 1.44 bits per heavy atom. The summed E-state index contributed by atoms with van der Waals surface area (Å²) in [4.78, 5) is 23.0. The number of pyridine rings is 1. The largest absolute Gasteiger partial charge is 0.478 e. The molecule has 0 atom stereocenters. The molecule has 16 heavy (non-hydrogen) atoms. The molecule has 0 aliphatic heterocycles. The number of hydrogen-bond donors (Lipinski definition) is 1. The Labute approximate surface area is 102 Å². The molecule has 0 amide bonds. The Kier molecular flexibility index (Phi) is 3.91. The van der Waals surface area contributed by atoms with Crippen molar-refractivity contribution >= 4 is 21.9 Å². The van der Waals surface area contributed by atoms with Crippen LogP contribution in [0.25, 0.3) is 0 Å². The number of carboxylic acids is 1. The third kappa shape index (κ3) is 2.04. The first kappa shape index (κ1) is 13.0. The Balaban J connectivity index is 3.66. The van der Waals surface area contributed by atoms with Gasteiger partial charge in [-0.15, -0.1) is 0 Å². The van der Waals surface area contributed by atoms with Crippen LogP contribution in [0.5, 0.6) is 0 Å². The molecule has 88 valence electrons. The minimum absolute atomic E-state index is 0.165. The summed E-state index contributed by atoms with van der Waals surface area (Å²) in [6.45, 7) is 5.78. The third-order valence-corrected chi connectivity index (χ3v) is 3.50. The molecular weight excluding hydrogens is 274 g/mol. The van der Waals surface area contributed by atoms with Crippen molar-refractivity contribution in [3.8, 4) is 0 Å². The van der Waals surface area contributed by atoms with E-state index in [2.05, 4.69) is 15.9 Å². The smallest absolute Gasteiger partial charge is 0.337 e. The molecule has 0 bridgehead atoms. The first-order valence-corrected chi connectivity index (χ1v) is 5.83. The zero-order chi connectivity index (χ0) is 12.5. The van der Waals surface area contributed by atoms with Gasteiger partial charge in [-0.3, -0.25) is 4.79 Å². The van der Waals surface area contributed by atoms with Gasteiger partial charge in [0.15, 0.2) is 0 Å². The van der Waals surface area contributed by atoms with Gasteiger partial charge in [0, 0.05) is 12.2 Å². The van der Waals surface area contributed by atoms with Crippen molar-refractivity contribution in [2.24, 2.45) is 0 Å². The van der Waals surface area contributed by atoms with E-state index in [9.17, 15) is 9.59 Å². The fourth-order valence-corrected chi connectivity index (χ4v) is 2.17. The molecule has 0 unspecified atom stereocenters. The van der Waals surface area contributed by atoms with Crippen LogP contribution in [0.3, 0.4) is 0 Å². The number of carboxylic acid groups (broad SMARTS) is 1. The van der Waals surface area contributed by atoms with E-state index in [4.69, 9.17) is 5.11 Å². The zero-order valence-corrected chi connectivity index (χ0v) is 11.1. The fraction of sp³-hybridized carbons (Fsp3) is 0.455. The Hall–Kier alpha value is -1.10. The van der Waals surface area contributed by atoms with Crippen LogP contribution in [0.4, 0.5) is 0 Å². The first-order valence-electron chi connectivity index (χ1n) is 5.04. The van der Waals surface area contributed by atoms with Gasteiger partial charge in [0.2, 0.25) is 0 Å². The monoisotopic (exact) mass is 287 g/mol. The lowest BCUT2D eigenvalue weighted by Crippen LogP contribution is -2.27. The lowest BCUT2D eigenvalue weighted by atomic mass is 10.1. The summed E-state index contributed by atoms with van der Waals surface area (Å²) >= 11 is 3.16. The van der Waals surface area contributed by atoms with Gasteiger partial charge in [-0.25, -0.2) is 4.79 Å². The van der Waals surface area contributed by atoms with Crippen LogP contribution >= 0.6 is 15.9 Å². The minimum Gasteiger partial charge on any atom is -0.478 e. The summed E-state index contributed by atoms with van der Waals surface area (Å²) in [5.41, 5.74) is 1.05. The second-order valence-electron chi connectivity index (χ2n) is 3.66.